The van der Waals surface area contributed by atoms with E-state index in [4.69, 9.17) is 22.7 Å². The van der Waals surface area contributed by atoms with Crippen LogP contribution in [0.15, 0.2) is 35.5 Å². The van der Waals surface area contributed by atoms with Gasteiger partial charge in [0.1, 0.15) is 22.4 Å². The molecule has 5 nitrogen and oxygen atoms in total. The number of nitrogens with zero attached hydrogens (tertiary/aromatic N) is 3. The van der Waals surface area contributed by atoms with Crippen molar-refractivity contribution in [3.8, 4) is 11.8 Å². The lowest BCUT2D eigenvalue weighted by Crippen LogP contribution is -2.31. The van der Waals surface area contributed by atoms with E-state index in [1.54, 1.807) is 7.11 Å². The first-order valence-corrected chi connectivity index (χ1v) is 8.03. The number of nitrogens with two attached hydrogens (primary N) is 1. The van der Waals surface area contributed by atoms with Crippen LogP contribution < -0.4 is 15.4 Å². The summed E-state index contributed by atoms with van der Waals surface area (Å²) in [5.74, 6) is 0.883. The van der Waals surface area contributed by atoms with Crippen LogP contribution in [0.3, 0.4) is 0 Å². The van der Waals surface area contributed by atoms with E-state index in [9.17, 15) is 5.26 Å². The third-order valence-corrected chi connectivity index (χ3v) is 4.32. The van der Waals surface area contributed by atoms with E-state index in [-0.39, 0.29) is 4.99 Å². The molecule has 0 aromatic heterocycles. The van der Waals surface area contributed by atoms with E-state index in [0.29, 0.717) is 5.57 Å². The molecule has 0 atom stereocenters. The van der Waals surface area contributed by atoms with Crippen molar-refractivity contribution in [3.63, 3.8) is 0 Å². The normalized spacial score (nSPS) is 16.2. The maximum Gasteiger partial charge on any atom is 0.142 e. The van der Waals surface area contributed by atoms with Crippen LogP contribution in [-0.4, -0.2) is 43.2 Å². The zero-order valence-electron chi connectivity index (χ0n) is 13.6. The van der Waals surface area contributed by atoms with Crippen molar-refractivity contribution >= 4 is 22.9 Å². The lowest BCUT2D eigenvalue weighted by Gasteiger charge is -2.26. The first-order chi connectivity index (χ1) is 11.1. The molecule has 122 valence electrons. The van der Waals surface area contributed by atoms with Gasteiger partial charge in [0, 0.05) is 31.9 Å². The minimum absolute atomic E-state index is 0.163. The van der Waals surface area contributed by atoms with Gasteiger partial charge >= 0.3 is 0 Å². The number of ether oxygens (including phenoxy) is 1. The molecule has 2 rings (SSSR count). The molecule has 0 unspecified atom stereocenters. The van der Waals surface area contributed by atoms with Gasteiger partial charge in [0.2, 0.25) is 0 Å². The third kappa shape index (κ3) is 3.93. The molecular formula is C17H22N4OS. The van der Waals surface area contributed by atoms with Gasteiger partial charge < -0.3 is 20.3 Å². The minimum atomic E-state index is 0.163. The smallest absolute Gasteiger partial charge is 0.142 e. The van der Waals surface area contributed by atoms with Gasteiger partial charge in [-0.15, -0.1) is 0 Å². The summed E-state index contributed by atoms with van der Waals surface area (Å²) in [5, 5.41) is 9.24. The van der Waals surface area contributed by atoms with Gasteiger partial charge in [-0.25, -0.2) is 0 Å². The van der Waals surface area contributed by atoms with E-state index < -0.39 is 0 Å². The second-order valence-corrected chi connectivity index (χ2v) is 5.88. The van der Waals surface area contributed by atoms with Crippen LogP contribution in [0.1, 0.15) is 13.3 Å². The Kier molecular flexibility index (Phi) is 5.83. The Hall–Kier alpha value is -2.26. The molecule has 0 radical (unpaired) electrons. The summed E-state index contributed by atoms with van der Waals surface area (Å²) in [6.45, 7) is 5.41. The summed E-state index contributed by atoms with van der Waals surface area (Å²) in [5.41, 5.74) is 8.02. The number of anilines is 1. The zero-order chi connectivity index (χ0) is 16.8. The number of nitriles is 1. The molecule has 0 bridgehead atoms. The summed E-state index contributed by atoms with van der Waals surface area (Å²) >= 11 is 4.97. The van der Waals surface area contributed by atoms with Crippen molar-refractivity contribution in [2.45, 2.75) is 13.3 Å². The Balaban J connectivity index is 2.17. The molecule has 0 saturated carbocycles. The molecule has 1 saturated heterocycles. The number of benzene rings is 1. The number of rotatable bonds is 4. The molecule has 1 fully saturated rings. The van der Waals surface area contributed by atoms with Crippen molar-refractivity contribution in [3.05, 3.63) is 35.5 Å². The number of hydrogen-bond donors (Lipinski definition) is 1. The van der Waals surface area contributed by atoms with E-state index in [1.807, 2.05) is 25.1 Å². The van der Waals surface area contributed by atoms with Crippen molar-refractivity contribution in [1.29, 1.82) is 5.26 Å². The van der Waals surface area contributed by atoms with Crippen LogP contribution in [-0.2, 0) is 0 Å². The fraction of sp³-hybridized carbons (Fsp3) is 0.412. The second kappa shape index (κ2) is 7.84. The number of methoxy groups -OCH3 is 1. The molecule has 1 aromatic rings. The van der Waals surface area contributed by atoms with Crippen LogP contribution in [0.2, 0.25) is 0 Å². The molecule has 0 spiro atoms. The largest absolute Gasteiger partial charge is 0.495 e. The average molecular weight is 330 g/mol. The highest BCUT2D eigenvalue weighted by atomic mass is 32.1. The monoisotopic (exact) mass is 330 g/mol. The van der Waals surface area contributed by atoms with Gasteiger partial charge in [-0.2, -0.15) is 5.26 Å². The zero-order valence-corrected chi connectivity index (χ0v) is 14.4. The Morgan fingerprint density at radius 1 is 1.26 bits per heavy atom. The maximum absolute atomic E-state index is 9.24. The predicted molar refractivity (Wildman–Crippen MR) is 96.5 cm³/mol. The summed E-state index contributed by atoms with van der Waals surface area (Å²) in [7, 11) is 1.69. The quantitative estimate of drug-likeness (QED) is 0.519. The van der Waals surface area contributed by atoms with Crippen LogP contribution in [0.25, 0.3) is 0 Å². The molecular weight excluding hydrogens is 308 g/mol. The van der Waals surface area contributed by atoms with Gasteiger partial charge in [0.25, 0.3) is 0 Å². The summed E-state index contributed by atoms with van der Waals surface area (Å²) < 4.78 is 5.46. The summed E-state index contributed by atoms with van der Waals surface area (Å²) in [6, 6.07) is 10.2. The molecule has 0 aliphatic carbocycles. The highest BCUT2D eigenvalue weighted by Gasteiger charge is 2.19. The molecule has 2 N–H and O–H groups in total. The number of hydrogen-bond acceptors (Lipinski definition) is 5. The lowest BCUT2D eigenvalue weighted by atomic mass is 10.2. The Morgan fingerprint density at radius 3 is 2.65 bits per heavy atom. The molecule has 0 amide bonds. The van der Waals surface area contributed by atoms with Crippen LogP contribution in [0.4, 0.5) is 5.69 Å². The summed E-state index contributed by atoms with van der Waals surface area (Å²) in [6.07, 6.45) is 0.991. The fourth-order valence-electron chi connectivity index (χ4n) is 2.86. The van der Waals surface area contributed by atoms with Gasteiger partial charge in [0.05, 0.1) is 12.8 Å². The highest BCUT2D eigenvalue weighted by molar-refractivity contribution is 7.80. The van der Waals surface area contributed by atoms with Gasteiger partial charge in [-0.3, -0.25) is 0 Å². The topological polar surface area (TPSA) is 65.5 Å². The Bertz CT molecular complexity index is 650. The number of para-hydroxylation sites is 2. The van der Waals surface area contributed by atoms with Crippen LogP contribution >= 0.6 is 12.2 Å². The van der Waals surface area contributed by atoms with E-state index >= 15 is 0 Å². The third-order valence-electron chi connectivity index (χ3n) is 4.12. The maximum atomic E-state index is 9.24. The molecule has 23 heavy (non-hydrogen) atoms. The van der Waals surface area contributed by atoms with Crippen molar-refractivity contribution in [1.82, 2.24) is 4.90 Å². The van der Waals surface area contributed by atoms with E-state index in [1.165, 1.54) is 0 Å². The van der Waals surface area contributed by atoms with E-state index in [2.05, 4.69) is 21.9 Å². The van der Waals surface area contributed by atoms with Crippen LogP contribution in [0.5, 0.6) is 5.75 Å². The second-order valence-electron chi connectivity index (χ2n) is 5.44. The molecule has 1 heterocycles. The standard InChI is InChI=1S/C17H22N4OS/c1-13(14(12-18)17(19)23)20-8-5-9-21(11-10-20)15-6-3-4-7-16(15)22-2/h3-4,6-7H,5,8-11H2,1-2H3,(H2,19,23). The van der Waals surface area contributed by atoms with Crippen molar-refractivity contribution in [2.24, 2.45) is 5.73 Å². The SMILES string of the molecule is COc1ccccc1N1CCCN(C(C)=C(C#N)C(N)=S)CC1. The molecule has 1 aliphatic rings. The number of allylic oxidation sites excluding steroid dienone is 1. The van der Waals surface area contributed by atoms with E-state index in [0.717, 1.165) is 49.7 Å². The van der Waals surface area contributed by atoms with Crippen LogP contribution in [0, 0.1) is 11.3 Å². The van der Waals surface area contributed by atoms with Crippen molar-refractivity contribution in [2.75, 3.05) is 38.2 Å². The minimum Gasteiger partial charge on any atom is -0.495 e. The Labute approximate surface area is 142 Å². The first-order valence-electron chi connectivity index (χ1n) is 7.62. The van der Waals surface area contributed by atoms with Crippen molar-refractivity contribution < 1.29 is 4.74 Å². The first kappa shape index (κ1) is 17.1. The lowest BCUT2D eigenvalue weighted by molar-refractivity contribution is 0.368. The van der Waals surface area contributed by atoms with Gasteiger partial charge in [-0.1, -0.05) is 24.4 Å². The van der Waals surface area contributed by atoms with Gasteiger partial charge in [-0.05, 0) is 25.5 Å². The molecule has 1 aromatic carbocycles. The average Bonchev–Trinajstić information content (AvgIpc) is 2.81. The van der Waals surface area contributed by atoms with Gasteiger partial charge in [0.15, 0.2) is 0 Å². The fourth-order valence-corrected chi connectivity index (χ4v) is 3.05. The predicted octanol–water partition coefficient (Wildman–Crippen LogP) is 2.29. The Morgan fingerprint density at radius 2 is 2.00 bits per heavy atom. The summed E-state index contributed by atoms with van der Waals surface area (Å²) in [4.78, 5) is 4.67. The molecule has 6 heteroatoms. The molecule has 1 aliphatic heterocycles. The highest BCUT2D eigenvalue weighted by Crippen LogP contribution is 2.28. The number of thiocarbonyl (C=S) groups is 1.